The molecule has 0 unspecified atom stereocenters. The molecule has 3 aromatic rings. The van der Waals surface area contributed by atoms with Gasteiger partial charge >= 0.3 is 0 Å². The van der Waals surface area contributed by atoms with E-state index in [-0.39, 0.29) is 5.91 Å². The molecule has 1 heterocycles. The van der Waals surface area contributed by atoms with E-state index < -0.39 is 0 Å². The molecule has 0 bridgehead atoms. The van der Waals surface area contributed by atoms with Crippen molar-refractivity contribution in [2.75, 3.05) is 6.26 Å². The number of hydrogen-bond acceptors (Lipinski definition) is 3. The molecule has 0 aliphatic carbocycles. The van der Waals surface area contributed by atoms with Crippen LogP contribution in [-0.2, 0) is 17.8 Å². The van der Waals surface area contributed by atoms with Crippen molar-refractivity contribution in [3.05, 3.63) is 78.1 Å². The van der Waals surface area contributed by atoms with Gasteiger partial charge in [0.25, 0.3) is 0 Å². The lowest BCUT2D eigenvalue weighted by Gasteiger charge is -2.08. The molecule has 0 fully saturated rings. The molecule has 2 aromatic carbocycles. The number of hydrogen-bond donors (Lipinski definition) is 1. The minimum atomic E-state index is 0.0244. The Bertz CT molecular complexity index is 798. The van der Waals surface area contributed by atoms with Gasteiger partial charge in [-0.05, 0) is 47.7 Å². The third kappa shape index (κ3) is 4.26. The average Bonchev–Trinajstić information content (AvgIpc) is 3.16. The number of benzene rings is 2. The van der Waals surface area contributed by atoms with Crippen molar-refractivity contribution in [2.24, 2.45) is 0 Å². The van der Waals surface area contributed by atoms with Gasteiger partial charge in [-0.25, -0.2) is 4.68 Å². The van der Waals surface area contributed by atoms with E-state index in [0.717, 1.165) is 16.8 Å². The Morgan fingerprint density at radius 2 is 1.96 bits per heavy atom. The number of rotatable bonds is 6. The van der Waals surface area contributed by atoms with Gasteiger partial charge in [0.1, 0.15) is 0 Å². The van der Waals surface area contributed by atoms with Gasteiger partial charge in [-0.1, -0.05) is 24.3 Å². The first-order valence-corrected chi connectivity index (χ1v) is 8.95. The summed E-state index contributed by atoms with van der Waals surface area (Å²) in [5.74, 6) is 0.0244. The molecule has 0 radical (unpaired) electrons. The predicted octanol–water partition coefficient (Wildman–Crippen LogP) is 3.45. The van der Waals surface area contributed by atoms with E-state index in [2.05, 4.69) is 10.4 Å². The van der Waals surface area contributed by atoms with Crippen molar-refractivity contribution in [1.82, 2.24) is 15.1 Å². The quantitative estimate of drug-likeness (QED) is 0.701. The van der Waals surface area contributed by atoms with E-state index in [1.54, 1.807) is 22.6 Å². The third-order valence-corrected chi connectivity index (χ3v) is 4.44. The second-order valence-corrected chi connectivity index (χ2v) is 6.30. The van der Waals surface area contributed by atoms with Crippen LogP contribution in [0.25, 0.3) is 5.69 Å². The average molecular weight is 337 g/mol. The fraction of sp³-hybridized carbons (Fsp3) is 0.158. The minimum absolute atomic E-state index is 0.0244. The van der Waals surface area contributed by atoms with Gasteiger partial charge in [0, 0.05) is 23.8 Å². The normalized spacial score (nSPS) is 10.5. The Morgan fingerprint density at radius 1 is 1.12 bits per heavy atom. The lowest BCUT2D eigenvalue weighted by Crippen LogP contribution is -2.24. The first-order valence-electron chi connectivity index (χ1n) is 7.73. The molecule has 5 heteroatoms. The molecule has 0 saturated carbocycles. The van der Waals surface area contributed by atoms with Crippen molar-refractivity contribution >= 4 is 17.7 Å². The minimum Gasteiger partial charge on any atom is -0.352 e. The maximum Gasteiger partial charge on any atom is 0.224 e. The highest BCUT2D eigenvalue weighted by atomic mass is 32.2. The SMILES string of the molecule is CSc1ccc(CC(=O)NCc2cccc(-n3cccn3)c2)cc1. The Kier molecular flexibility index (Phi) is 5.33. The molecular formula is C19H19N3OS. The van der Waals surface area contributed by atoms with Crippen LogP contribution in [0.15, 0.2) is 71.9 Å². The summed E-state index contributed by atoms with van der Waals surface area (Å²) in [5, 5.41) is 7.20. The number of carbonyl (C=O) groups excluding carboxylic acids is 1. The molecule has 0 aliphatic heterocycles. The van der Waals surface area contributed by atoms with Crippen molar-refractivity contribution < 1.29 is 4.79 Å². The van der Waals surface area contributed by atoms with E-state index in [4.69, 9.17) is 0 Å². The first kappa shape index (κ1) is 16.3. The molecular weight excluding hydrogens is 318 g/mol. The summed E-state index contributed by atoms with van der Waals surface area (Å²) in [4.78, 5) is 13.3. The van der Waals surface area contributed by atoms with E-state index in [0.29, 0.717) is 13.0 Å². The van der Waals surface area contributed by atoms with Crippen LogP contribution in [0.4, 0.5) is 0 Å². The van der Waals surface area contributed by atoms with Crippen LogP contribution in [0.2, 0.25) is 0 Å². The third-order valence-electron chi connectivity index (χ3n) is 3.69. The van der Waals surface area contributed by atoms with Crippen LogP contribution in [0.1, 0.15) is 11.1 Å². The number of nitrogens with zero attached hydrogens (tertiary/aromatic N) is 2. The summed E-state index contributed by atoms with van der Waals surface area (Å²) < 4.78 is 1.80. The Hall–Kier alpha value is -2.53. The van der Waals surface area contributed by atoms with Crippen molar-refractivity contribution in [1.29, 1.82) is 0 Å². The Balaban J connectivity index is 1.57. The summed E-state index contributed by atoms with van der Waals surface area (Å²) in [5.41, 5.74) is 3.06. The highest BCUT2D eigenvalue weighted by molar-refractivity contribution is 7.98. The second kappa shape index (κ2) is 7.84. The number of amides is 1. The summed E-state index contributed by atoms with van der Waals surface area (Å²) in [6, 6.07) is 18.0. The summed E-state index contributed by atoms with van der Waals surface area (Å²) in [6.45, 7) is 0.511. The van der Waals surface area contributed by atoms with Gasteiger partial charge in [-0.15, -0.1) is 11.8 Å². The lowest BCUT2D eigenvalue weighted by atomic mass is 10.1. The first-order chi connectivity index (χ1) is 11.7. The smallest absolute Gasteiger partial charge is 0.224 e. The van der Waals surface area contributed by atoms with Crippen LogP contribution < -0.4 is 5.32 Å². The molecule has 3 rings (SSSR count). The lowest BCUT2D eigenvalue weighted by molar-refractivity contribution is -0.120. The predicted molar refractivity (Wildman–Crippen MR) is 97.3 cm³/mol. The van der Waals surface area contributed by atoms with Crippen LogP contribution in [0.5, 0.6) is 0 Å². The molecule has 122 valence electrons. The van der Waals surface area contributed by atoms with Gasteiger partial charge in [-0.3, -0.25) is 4.79 Å². The van der Waals surface area contributed by atoms with Gasteiger partial charge < -0.3 is 5.32 Å². The number of thioether (sulfide) groups is 1. The molecule has 0 saturated heterocycles. The zero-order chi connectivity index (χ0) is 16.8. The van der Waals surface area contributed by atoms with Crippen molar-refractivity contribution in [3.8, 4) is 5.69 Å². The molecule has 4 nitrogen and oxygen atoms in total. The summed E-state index contributed by atoms with van der Waals surface area (Å²) in [7, 11) is 0. The molecule has 1 aromatic heterocycles. The van der Waals surface area contributed by atoms with Gasteiger partial charge in [0.15, 0.2) is 0 Å². The van der Waals surface area contributed by atoms with E-state index in [1.165, 1.54) is 4.90 Å². The Morgan fingerprint density at radius 3 is 2.67 bits per heavy atom. The molecule has 1 N–H and O–H groups in total. The van der Waals surface area contributed by atoms with Crippen molar-refractivity contribution in [2.45, 2.75) is 17.9 Å². The number of carbonyl (C=O) groups is 1. The summed E-state index contributed by atoms with van der Waals surface area (Å²) in [6.07, 6.45) is 6.08. The monoisotopic (exact) mass is 337 g/mol. The van der Waals surface area contributed by atoms with Crippen LogP contribution >= 0.6 is 11.8 Å². The number of aromatic nitrogens is 2. The van der Waals surface area contributed by atoms with Crippen LogP contribution in [0.3, 0.4) is 0 Å². The van der Waals surface area contributed by atoms with Crippen LogP contribution in [-0.4, -0.2) is 21.9 Å². The maximum absolute atomic E-state index is 12.1. The van der Waals surface area contributed by atoms with Crippen LogP contribution in [0, 0.1) is 0 Å². The summed E-state index contributed by atoms with van der Waals surface area (Å²) >= 11 is 1.70. The van der Waals surface area contributed by atoms with E-state index >= 15 is 0 Å². The van der Waals surface area contributed by atoms with Crippen molar-refractivity contribution in [3.63, 3.8) is 0 Å². The van der Waals surface area contributed by atoms with Gasteiger partial charge in [-0.2, -0.15) is 5.10 Å². The Labute approximate surface area is 145 Å². The maximum atomic E-state index is 12.1. The standard InChI is InChI=1S/C19H19N3OS/c1-24-18-8-6-15(7-9-18)13-19(23)20-14-16-4-2-5-17(12-16)22-11-3-10-21-22/h2-12H,13-14H2,1H3,(H,20,23). The second-order valence-electron chi connectivity index (χ2n) is 5.42. The highest BCUT2D eigenvalue weighted by Crippen LogP contribution is 2.15. The fourth-order valence-electron chi connectivity index (χ4n) is 2.42. The zero-order valence-electron chi connectivity index (χ0n) is 13.5. The van der Waals surface area contributed by atoms with E-state index in [9.17, 15) is 4.79 Å². The van der Waals surface area contributed by atoms with Gasteiger partial charge in [0.05, 0.1) is 12.1 Å². The topological polar surface area (TPSA) is 46.9 Å². The zero-order valence-corrected chi connectivity index (χ0v) is 14.3. The number of nitrogens with one attached hydrogen (secondary N) is 1. The fourth-order valence-corrected chi connectivity index (χ4v) is 2.83. The van der Waals surface area contributed by atoms with Gasteiger partial charge in [0.2, 0.25) is 5.91 Å². The molecule has 0 aliphatic rings. The van der Waals surface area contributed by atoms with E-state index in [1.807, 2.05) is 67.0 Å². The largest absolute Gasteiger partial charge is 0.352 e. The molecule has 0 spiro atoms. The molecule has 1 amide bonds. The highest BCUT2D eigenvalue weighted by Gasteiger charge is 2.04. The molecule has 0 atom stereocenters. The molecule has 24 heavy (non-hydrogen) atoms.